The van der Waals surface area contributed by atoms with Gasteiger partial charge in [0.1, 0.15) is 0 Å². The van der Waals surface area contributed by atoms with Gasteiger partial charge in [0, 0.05) is 30.8 Å². The third-order valence-corrected chi connectivity index (χ3v) is 6.34. The molecular formula is C15H24ClN3O4S. The molecular weight excluding hydrogens is 354 g/mol. The van der Waals surface area contributed by atoms with E-state index < -0.39 is 14.9 Å². The molecule has 1 fully saturated rings. The molecule has 24 heavy (non-hydrogen) atoms. The maximum Gasteiger partial charge on any atom is 0.270 e. The van der Waals surface area contributed by atoms with Crippen LogP contribution in [0.4, 0.5) is 5.69 Å². The smallest absolute Gasteiger partial charge is 0.270 e. The van der Waals surface area contributed by atoms with Gasteiger partial charge >= 0.3 is 0 Å². The summed E-state index contributed by atoms with van der Waals surface area (Å²) < 4.78 is 27.6. The molecule has 9 heteroatoms. The molecule has 0 saturated carbocycles. The van der Waals surface area contributed by atoms with Gasteiger partial charge in [0.2, 0.25) is 10.0 Å². The van der Waals surface area contributed by atoms with Crippen LogP contribution in [0.2, 0.25) is 0 Å². The fourth-order valence-electron chi connectivity index (χ4n) is 3.07. The van der Waals surface area contributed by atoms with Gasteiger partial charge < -0.3 is 5.73 Å². The molecule has 0 aliphatic carbocycles. The number of nitrogens with two attached hydrogens (primary N) is 1. The number of benzene rings is 1. The normalized spacial score (nSPS) is 20.2. The number of aryl methyl sites for hydroxylation is 1. The first-order valence-electron chi connectivity index (χ1n) is 7.83. The summed E-state index contributed by atoms with van der Waals surface area (Å²) in [7, 11) is -3.81. The average Bonchev–Trinajstić information content (AvgIpc) is 2.54. The molecule has 0 bridgehead atoms. The minimum Gasteiger partial charge on any atom is -0.326 e. The minimum absolute atomic E-state index is 0. The first-order chi connectivity index (χ1) is 10.8. The Morgan fingerprint density at radius 1 is 1.42 bits per heavy atom. The van der Waals surface area contributed by atoms with E-state index in [9.17, 15) is 18.5 Å². The molecule has 1 aromatic rings. The highest BCUT2D eigenvalue weighted by molar-refractivity contribution is 7.89. The van der Waals surface area contributed by atoms with E-state index in [1.54, 1.807) is 6.92 Å². The van der Waals surface area contributed by atoms with Crippen LogP contribution >= 0.6 is 12.4 Å². The molecule has 2 rings (SSSR count). The van der Waals surface area contributed by atoms with E-state index in [2.05, 4.69) is 0 Å². The summed E-state index contributed by atoms with van der Waals surface area (Å²) in [5.74, 6) is 0. The van der Waals surface area contributed by atoms with E-state index in [1.807, 2.05) is 6.92 Å². The van der Waals surface area contributed by atoms with Crippen molar-refractivity contribution >= 4 is 28.1 Å². The summed E-state index contributed by atoms with van der Waals surface area (Å²) in [5.41, 5.74) is 6.34. The molecule has 136 valence electrons. The number of hydrogen-bond donors (Lipinski definition) is 1. The maximum atomic E-state index is 13.1. The number of hydrogen-bond acceptors (Lipinski definition) is 5. The highest BCUT2D eigenvalue weighted by Gasteiger charge is 2.36. The van der Waals surface area contributed by atoms with E-state index in [1.165, 1.54) is 22.5 Å². The lowest BCUT2D eigenvalue weighted by molar-refractivity contribution is -0.385. The Hall–Kier alpha value is -1.22. The van der Waals surface area contributed by atoms with Gasteiger partial charge in [-0.1, -0.05) is 19.4 Å². The molecule has 1 saturated heterocycles. The zero-order valence-corrected chi connectivity index (χ0v) is 15.5. The van der Waals surface area contributed by atoms with Crippen LogP contribution in [0.25, 0.3) is 0 Å². The summed E-state index contributed by atoms with van der Waals surface area (Å²) in [6, 6.07) is 3.49. The number of nitro benzene ring substituents is 1. The molecule has 1 aliphatic rings. The number of halogens is 1. The average molecular weight is 378 g/mol. The number of nitrogens with zero attached hydrogens (tertiary/aromatic N) is 2. The van der Waals surface area contributed by atoms with Gasteiger partial charge in [-0.3, -0.25) is 10.1 Å². The van der Waals surface area contributed by atoms with Crippen LogP contribution in [0.15, 0.2) is 23.1 Å². The standard InChI is InChI=1S/C15H23N3O4S.ClH/c1-3-12-7-8-13(18(19)20)10-15(12)23(21,22)17-9-5-4-6-14(17)11(2)16;/h7-8,10-11,14H,3-6,9,16H2,1-2H3;1H. The fraction of sp³-hybridized carbons (Fsp3) is 0.600. The summed E-state index contributed by atoms with van der Waals surface area (Å²) in [6.07, 6.45) is 2.92. The SMILES string of the molecule is CCc1ccc([N+](=O)[O-])cc1S(=O)(=O)N1CCCCC1C(C)N.Cl. The van der Waals surface area contributed by atoms with Crippen molar-refractivity contribution in [2.75, 3.05) is 6.54 Å². The Balaban J connectivity index is 0.00000288. The first kappa shape index (κ1) is 20.8. The van der Waals surface area contributed by atoms with Crippen LogP contribution in [0.3, 0.4) is 0 Å². The maximum absolute atomic E-state index is 13.1. The molecule has 0 radical (unpaired) electrons. The van der Waals surface area contributed by atoms with Crippen molar-refractivity contribution in [1.82, 2.24) is 4.31 Å². The molecule has 0 spiro atoms. The molecule has 7 nitrogen and oxygen atoms in total. The van der Waals surface area contributed by atoms with Crippen molar-refractivity contribution in [2.24, 2.45) is 5.73 Å². The van der Waals surface area contributed by atoms with Crippen LogP contribution in [0.1, 0.15) is 38.7 Å². The summed E-state index contributed by atoms with van der Waals surface area (Å²) in [4.78, 5) is 10.5. The number of non-ortho nitro benzene ring substituents is 1. The Morgan fingerprint density at radius 2 is 2.08 bits per heavy atom. The monoisotopic (exact) mass is 377 g/mol. The van der Waals surface area contributed by atoms with Gasteiger partial charge in [-0.2, -0.15) is 4.31 Å². The van der Waals surface area contributed by atoms with Crippen molar-refractivity contribution in [3.8, 4) is 0 Å². The highest BCUT2D eigenvalue weighted by Crippen LogP contribution is 2.30. The Labute approximate surface area is 148 Å². The Bertz CT molecular complexity index is 694. The number of piperidine rings is 1. The van der Waals surface area contributed by atoms with Crippen molar-refractivity contribution in [2.45, 2.75) is 56.5 Å². The second kappa shape index (κ2) is 8.24. The lowest BCUT2D eigenvalue weighted by Gasteiger charge is -2.37. The van der Waals surface area contributed by atoms with Crippen LogP contribution in [0.5, 0.6) is 0 Å². The number of rotatable bonds is 5. The molecule has 1 aliphatic heterocycles. The summed E-state index contributed by atoms with van der Waals surface area (Å²) in [6.45, 7) is 4.03. The molecule has 0 amide bonds. The van der Waals surface area contributed by atoms with E-state index >= 15 is 0 Å². The molecule has 2 atom stereocenters. The van der Waals surface area contributed by atoms with Gasteiger partial charge in [-0.15, -0.1) is 12.4 Å². The van der Waals surface area contributed by atoms with Crippen molar-refractivity contribution < 1.29 is 13.3 Å². The zero-order valence-electron chi connectivity index (χ0n) is 13.8. The van der Waals surface area contributed by atoms with Gasteiger partial charge in [0.05, 0.1) is 9.82 Å². The lowest BCUT2D eigenvalue weighted by Crippen LogP contribution is -2.51. The van der Waals surface area contributed by atoms with E-state index in [-0.39, 0.29) is 35.1 Å². The van der Waals surface area contributed by atoms with E-state index in [0.717, 1.165) is 12.8 Å². The molecule has 2 unspecified atom stereocenters. The zero-order chi connectivity index (χ0) is 17.2. The van der Waals surface area contributed by atoms with Gasteiger partial charge in [0.15, 0.2) is 0 Å². The second-order valence-electron chi connectivity index (χ2n) is 5.94. The third-order valence-electron chi connectivity index (χ3n) is 4.33. The predicted octanol–water partition coefficient (Wildman–Crippen LogP) is 2.47. The van der Waals surface area contributed by atoms with Gasteiger partial charge in [0.25, 0.3) is 5.69 Å². The topological polar surface area (TPSA) is 107 Å². The van der Waals surface area contributed by atoms with Gasteiger partial charge in [-0.25, -0.2) is 8.42 Å². The van der Waals surface area contributed by atoms with E-state index in [4.69, 9.17) is 5.73 Å². The Morgan fingerprint density at radius 3 is 2.62 bits per heavy atom. The van der Waals surface area contributed by atoms with Crippen molar-refractivity contribution in [3.63, 3.8) is 0 Å². The molecule has 2 N–H and O–H groups in total. The van der Waals surface area contributed by atoms with Crippen LogP contribution in [0, 0.1) is 10.1 Å². The third kappa shape index (κ3) is 4.05. The first-order valence-corrected chi connectivity index (χ1v) is 9.27. The highest BCUT2D eigenvalue weighted by atomic mass is 35.5. The minimum atomic E-state index is -3.81. The summed E-state index contributed by atoms with van der Waals surface area (Å²) >= 11 is 0. The molecule has 1 aromatic carbocycles. The quantitative estimate of drug-likeness (QED) is 0.626. The van der Waals surface area contributed by atoms with Gasteiger partial charge in [-0.05, 0) is 31.7 Å². The van der Waals surface area contributed by atoms with Crippen LogP contribution < -0.4 is 5.73 Å². The molecule has 1 heterocycles. The second-order valence-corrected chi connectivity index (χ2v) is 7.80. The van der Waals surface area contributed by atoms with Crippen LogP contribution in [-0.2, 0) is 16.4 Å². The molecule has 0 aromatic heterocycles. The van der Waals surface area contributed by atoms with Crippen molar-refractivity contribution in [1.29, 1.82) is 0 Å². The summed E-state index contributed by atoms with van der Waals surface area (Å²) in [5, 5.41) is 11.0. The lowest BCUT2D eigenvalue weighted by atomic mass is 10.00. The Kier molecular flexibility index (Phi) is 7.15. The van der Waals surface area contributed by atoms with E-state index in [0.29, 0.717) is 24.9 Å². The predicted molar refractivity (Wildman–Crippen MR) is 94.9 cm³/mol. The largest absolute Gasteiger partial charge is 0.326 e. The van der Waals surface area contributed by atoms with Crippen LogP contribution in [-0.4, -0.2) is 36.3 Å². The fourth-order valence-corrected chi connectivity index (χ4v) is 5.16. The van der Waals surface area contributed by atoms with Crippen molar-refractivity contribution in [3.05, 3.63) is 33.9 Å². The number of nitro groups is 1. The number of sulfonamides is 1.